The van der Waals surface area contributed by atoms with Crippen molar-refractivity contribution in [2.24, 2.45) is 4.99 Å². The van der Waals surface area contributed by atoms with Gasteiger partial charge in [-0.2, -0.15) is 0 Å². The summed E-state index contributed by atoms with van der Waals surface area (Å²) in [4.78, 5) is 16.2. The van der Waals surface area contributed by atoms with Crippen LogP contribution in [0.5, 0.6) is 5.75 Å². The van der Waals surface area contributed by atoms with E-state index < -0.39 is 0 Å². The summed E-state index contributed by atoms with van der Waals surface area (Å²) in [6, 6.07) is 15.8. The van der Waals surface area contributed by atoms with Crippen molar-refractivity contribution in [3.8, 4) is 5.75 Å². The van der Waals surface area contributed by atoms with Gasteiger partial charge in [-0.3, -0.25) is 9.79 Å². The Balaban J connectivity index is 1.60. The summed E-state index contributed by atoms with van der Waals surface area (Å²) in [5.74, 6) is 1.70. The van der Waals surface area contributed by atoms with E-state index in [4.69, 9.17) is 4.74 Å². The lowest BCUT2D eigenvalue weighted by Gasteiger charge is -2.26. The maximum absolute atomic E-state index is 11.9. The first-order chi connectivity index (χ1) is 12.7. The number of carbonyl (C=O) groups excluding carboxylic acids is 1. The van der Waals surface area contributed by atoms with E-state index in [1.807, 2.05) is 42.5 Å². The lowest BCUT2D eigenvalue weighted by molar-refractivity contribution is -0.116. The van der Waals surface area contributed by atoms with Crippen molar-refractivity contribution in [1.29, 1.82) is 0 Å². The second-order valence-electron chi connectivity index (χ2n) is 6.15. The summed E-state index contributed by atoms with van der Waals surface area (Å²) in [6.45, 7) is 1.24. The van der Waals surface area contributed by atoms with Crippen molar-refractivity contribution in [2.45, 2.75) is 18.9 Å². The molecule has 0 saturated carbocycles. The third-order valence-electron chi connectivity index (χ3n) is 4.48. The first kappa shape index (κ1) is 17.8. The molecule has 6 heteroatoms. The number of fused-ring (bicyclic) bond motifs is 1. The molecule has 6 nitrogen and oxygen atoms in total. The van der Waals surface area contributed by atoms with Crippen LogP contribution in [0.15, 0.2) is 53.5 Å². The highest BCUT2D eigenvalue weighted by molar-refractivity contribution is 5.94. The van der Waals surface area contributed by atoms with E-state index in [1.165, 1.54) is 0 Å². The molecule has 0 spiro atoms. The number of carbonyl (C=O) groups is 1. The van der Waals surface area contributed by atoms with Gasteiger partial charge in [0.05, 0.1) is 7.11 Å². The minimum absolute atomic E-state index is 0.0486. The standard InChI is InChI=1S/C20H24N4O2/c1-21-20(22-12-14-7-3-6-10-18(14)26-2)23-13-15-11-19(25)24-17-9-5-4-8-16(15)17/h3-10,15H,11-13H2,1-2H3,(H,24,25)(H2,21,22,23). The molecule has 2 aromatic carbocycles. The molecule has 1 aliphatic heterocycles. The Hall–Kier alpha value is -3.02. The Labute approximate surface area is 153 Å². The van der Waals surface area contributed by atoms with E-state index >= 15 is 0 Å². The number of aliphatic imine (C=N–C) groups is 1. The van der Waals surface area contributed by atoms with Gasteiger partial charge in [-0.1, -0.05) is 36.4 Å². The molecule has 1 heterocycles. The van der Waals surface area contributed by atoms with Crippen LogP contribution in [-0.4, -0.2) is 32.6 Å². The van der Waals surface area contributed by atoms with Crippen LogP contribution in [0.1, 0.15) is 23.5 Å². The minimum atomic E-state index is 0.0486. The number of hydrogen-bond donors (Lipinski definition) is 3. The number of amides is 1. The van der Waals surface area contributed by atoms with Gasteiger partial charge in [0.15, 0.2) is 5.96 Å². The van der Waals surface area contributed by atoms with Gasteiger partial charge >= 0.3 is 0 Å². The normalized spacial score (nSPS) is 16.5. The molecule has 136 valence electrons. The fraction of sp³-hybridized carbons (Fsp3) is 0.300. The molecule has 1 amide bonds. The second kappa shape index (κ2) is 8.38. The van der Waals surface area contributed by atoms with Crippen LogP contribution in [0.4, 0.5) is 5.69 Å². The zero-order valence-corrected chi connectivity index (χ0v) is 15.1. The topological polar surface area (TPSA) is 74.8 Å². The van der Waals surface area contributed by atoms with Gasteiger partial charge in [-0.25, -0.2) is 0 Å². The molecule has 1 atom stereocenters. The fourth-order valence-electron chi connectivity index (χ4n) is 3.15. The summed E-state index contributed by atoms with van der Waals surface area (Å²) in [5.41, 5.74) is 3.10. The largest absolute Gasteiger partial charge is 0.496 e. The lowest BCUT2D eigenvalue weighted by atomic mass is 9.90. The molecular formula is C20H24N4O2. The molecule has 0 saturated heterocycles. The van der Waals surface area contributed by atoms with Crippen molar-refractivity contribution in [2.75, 3.05) is 26.0 Å². The van der Waals surface area contributed by atoms with Crippen molar-refractivity contribution in [3.05, 3.63) is 59.7 Å². The summed E-state index contributed by atoms with van der Waals surface area (Å²) in [7, 11) is 3.40. The van der Waals surface area contributed by atoms with Crippen LogP contribution < -0.4 is 20.7 Å². The first-order valence-corrected chi connectivity index (χ1v) is 8.66. The van der Waals surface area contributed by atoms with Crippen LogP contribution in [0, 0.1) is 0 Å². The fourth-order valence-corrected chi connectivity index (χ4v) is 3.15. The van der Waals surface area contributed by atoms with Gasteiger partial charge in [0.1, 0.15) is 5.75 Å². The molecule has 0 aromatic heterocycles. The second-order valence-corrected chi connectivity index (χ2v) is 6.15. The van der Waals surface area contributed by atoms with Crippen molar-refractivity contribution < 1.29 is 9.53 Å². The Morgan fingerprint density at radius 2 is 1.96 bits per heavy atom. The Kier molecular flexibility index (Phi) is 5.73. The SMILES string of the molecule is CN=C(NCc1ccccc1OC)NCC1CC(=O)Nc2ccccc21. The van der Waals surface area contributed by atoms with Gasteiger partial charge in [0, 0.05) is 43.7 Å². The van der Waals surface area contributed by atoms with Gasteiger partial charge in [0.2, 0.25) is 5.91 Å². The minimum Gasteiger partial charge on any atom is -0.496 e. The summed E-state index contributed by atoms with van der Waals surface area (Å²) in [5, 5.41) is 9.54. The number of para-hydroxylation sites is 2. The highest BCUT2D eigenvalue weighted by Crippen LogP contribution is 2.31. The highest BCUT2D eigenvalue weighted by atomic mass is 16.5. The molecular weight excluding hydrogens is 328 g/mol. The van der Waals surface area contributed by atoms with E-state index in [0.29, 0.717) is 25.5 Å². The zero-order valence-electron chi connectivity index (χ0n) is 15.1. The molecule has 2 aromatic rings. The van der Waals surface area contributed by atoms with E-state index in [1.54, 1.807) is 14.2 Å². The monoisotopic (exact) mass is 352 g/mol. The number of benzene rings is 2. The Morgan fingerprint density at radius 1 is 1.19 bits per heavy atom. The number of guanidine groups is 1. The van der Waals surface area contributed by atoms with Crippen LogP contribution in [0.25, 0.3) is 0 Å². The molecule has 0 bridgehead atoms. The van der Waals surface area contributed by atoms with E-state index in [0.717, 1.165) is 22.6 Å². The number of rotatable bonds is 5. The Bertz CT molecular complexity index is 804. The molecule has 3 N–H and O–H groups in total. The van der Waals surface area contributed by atoms with E-state index in [-0.39, 0.29) is 11.8 Å². The van der Waals surface area contributed by atoms with E-state index in [2.05, 4.69) is 27.0 Å². The third-order valence-corrected chi connectivity index (χ3v) is 4.48. The van der Waals surface area contributed by atoms with Crippen molar-refractivity contribution >= 4 is 17.6 Å². The predicted molar refractivity (Wildman–Crippen MR) is 104 cm³/mol. The highest BCUT2D eigenvalue weighted by Gasteiger charge is 2.24. The summed E-state index contributed by atoms with van der Waals surface area (Å²) < 4.78 is 5.37. The number of nitrogens with one attached hydrogen (secondary N) is 3. The number of nitrogens with zero attached hydrogens (tertiary/aromatic N) is 1. The van der Waals surface area contributed by atoms with Gasteiger partial charge < -0.3 is 20.7 Å². The van der Waals surface area contributed by atoms with Crippen LogP contribution in [-0.2, 0) is 11.3 Å². The molecule has 0 aliphatic carbocycles. The predicted octanol–water partition coefficient (Wildman–Crippen LogP) is 2.49. The van der Waals surface area contributed by atoms with Crippen LogP contribution in [0.3, 0.4) is 0 Å². The quantitative estimate of drug-likeness (QED) is 0.571. The molecule has 0 radical (unpaired) electrons. The average molecular weight is 352 g/mol. The number of hydrogen-bond acceptors (Lipinski definition) is 3. The van der Waals surface area contributed by atoms with Gasteiger partial charge in [-0.15, -0.1) is 0 Å². The smallest absolute Gasteiger partial charge is 0.225 e. The van der Waals surface area contributed by atoms with Crippen molar-refractivity contribution in [1.82, 2.24) is 10.6 Å². The van der Waals surface area contributed by atoms with Gasteiger partial charge in [0.25, 0.3) is 0 Å². The molecule has 1 aliphatic rings. The Morgan fingerprint density at radius 3 is 2.77 bits per heavy atom. The van der Waals surface area contributed by atoms with Crippen LogP contribution >= 0.6 is 0 Å². The van der Waals surface area contributed by atoms with Crippen LogP contribution in [0.2, 0.25) is 0 Å². The number of ether oxygens (including phenoxy) is 1. The molecule has 3 rings (SSSR count). The number of methoxy groups -OCH3 is 1. The van der Waals surface area contributed by atoms with Crippen molar-refractivity contribution in [3.63, 3.8) is 0 Å². The maximum atomic E-state index is 11.9. The molecule has 0 fully saturated rings. The average Bonchev–Trinajstić information content (AvgIpc) is 2.68. The third kappa shape index (κ3) is 4.14. The summed E-state index contributed by atoms with van der Waals surface area (Å²) >= 11 is 0. The van der Waals surface area contributed by atoms with E-state index in [9.17, 15) is 4.79 Å². The summed E-state index contributed by atoms with van der Waals surface area (Å²) in [6.07, 6.45) is 0.466. The first-order valence-electron chi connectivity index (χ1n) is 8.66. The zero-order chi connectivity index (χ0) is 18.4. The van der Waals surface area contributed by atoms with Gasteiger partial charge in [-0.05, 0) is 17.7 Å². The maximum Gasteiger partial charge on any atom is 0.225 e. The molecule has 1 unspecified atom stereocenters. The lowest BCUT2D eigenvalue weighted by Crippen LogP contribution is -2.40. The molecule has 26 heavy (non-hydrogen) atoms. The number of anilines is 1.